The van der Waals surface area contributed by atoms with Gasteiger partial charge < -0.3 is 10.0 Å². The topological polar surface area (TPSA) is 36.4 Å². The zero-order valence-corrected chi connectivity index (χ0v) is 16.4. The number of aliphatic hydroxyl groups is 1. The SMILES string of the molecule is CC(C)c1ccc(C(O)(c2cncc(C3CC3)c2)C2(C)CN(C)C2)cc1. The molecule has 1 aliphatic carbocycles. The number of hydrogen-bond acceptors (Lipinski definition) is 3. The van der Waals surface area contributed by atoms with Crippen molar-refractivity contribution < 1.29 is 5.11 Å². The molecule has 1 aliphatic heterocycles. The van der Waals surface area contributed by atoms with Crippen LogP contribution in [-0.4, -0.2) is 35.1 Å². The summed E-state index contributed by atoms with van der Waals surface area (Å²) in [7, 11) is 2.11. The van der Waals surface area contributed by atoms with Crippen LogP contribution in [0, 0.1) is 5.41 Å². The van der Waals surface area contributed by atoms with E-state index in [0.29, 0.717) is 11.8 Å². The van der Waals surface area contributed by atoms with Gasteiger partial charge in [0.25, 0.3) is 0 Å². The van der Waals surface area contributed by atoms with E-state index >= 15 is 0 Å². The predicted molar refractivity (Wildman–Crippen MR) is 105 cm³/mol. The number of rotatable bonds is 5. The minimum Gasteiger partial charge on any atom is -0.380 e. The molecule has 138 valence electrons. The molecule has 2 aromatic rings. The second-order valence-corrected chi connectivity index (χ2v) is 9.00. The summed E-state index contributed by atoms with van der Waals surface area (Å²) in [4.78, 5) is 6.77. The van der Waals surface area contributed by atoms with Gasteiger partial charge in [-0.1, -0.05) is 45.0 Å². The summed E-state index contributed by atoms with van der Waals surface area (Å²) in [5.41, 5.74) is 3.26. The summed E-state index contributed by atoms with van der Waals surface area (Å²) >= 11 is 0. The van der Waals surface area contributed by atoms with Crippen molar-refractivity contribution >= 4 is 0 Å². The quantitative estimate of drug-likeness (QED) is 0.875. The number of hydrogen-bond donors (Lipinski definition) is 1. The molecule has 4 rings (SSSR count). The maximum atomic E-state index is 12.1. The van der Waals surface area contributed by atoms with Crippen LogP contribution in [0.3, 0.4) is 0 Å². The molecule has 0 bridgehead atoms. The van der Waals surface area contributed by atoms with E-state index in [1.807, 2.05) is 12.4 Å². The van der Waals surface area contributed by atoms with Gasteiger partial charge in [0.1, 0.15) is 5.60 Å². The van der Waals surface area contributed by atoms with Crippen molar-refractivity contribution in [3.63, 3.8) is 0 Å². The summed E-state index contributed by atoms with van der Waals surface area (Å²) in [6.45, 7) is 8.36. The molecule has 2 fully saturated rings. The third-order valence-electron chi connectivity index (χ3n) is 6.33. The molecule has 1 atom stereocenters. The largest absolute Gasteiger partial charge is 0.380 e. The van der Waals surface area contributed by atoms with E-state index in [1.54, 1.807) is 0 Å². The van der Waals surface area contributed by atoms with Gasteiger partial charge in [-0.2, -0.15) is 0 Å². The highest BCUT2D eigenvalue weighted by Crippen LogP contribution is 2.51. The van der Waals surface area contributed by atoms with E-state index in [4.69, 9.17) is 0 Å². The smallest absolute Gasteiger partial charge is 0.124 e. The number of benzene rings is 1. The van der Waals surface area contributed by atoms with Gasteiger partial charge in [-0.3, -0.25) is 4.98 Å². The van der Waals surface area contributed by atoms with Crippen LogP contribution in [0.5, 0.6) is 0 Å². The Morgan fingerprint density at radius 1 is 1.12 bits per heavy atom. The summed E-state index contributed by atoms with van der Waals surface area (Å²) in [5, 5.41) is 12.1. The zero-order chi connectivity index (χ0) is 18.5. The van der Waals surface area contributed by atoms with Crippen molar-refractivity contribution in [3.05, 3.63) is 65.0 Å². The van der Waals surface area contributed by atoms with E-state index in [1.165, 1.54) is 24.0 Å². The maximum Gasteiger partial charge on any atom is 0.124 e. The number of aromatic nitrogens is 1. The molecule has 1 aromatic heterocycles. The van der Waals surface area contributed by atoms with Crippen LogP contribution in [0.25, 0.3) is 0 Å². The fourth-order valence-electron chi connectivity index (χ4n) is 4.64. The highest BCUT2D eigenvalue weighted by atomic mass is 16.3. The lowest BCUT2D eigenvalue weighted by Gasteiger charge is -2.56. The van der Waals surface area contributed by atoms with Crippen molar-refractivity contribution in [1.82, 2.24) is 9.88 Å². The molecule has 3 heteroatoms. The number of pyridine rings is 1. The molecule has 1 saturated carbocycles. The molecule has 1 N–H and O–H groups in total. The normalized spacial score (nSPS) is 22.1. The first-order valence-corrected chi connectivity index (χ1v) is 9.80. The Morgan fingerprint density at radius 3 is 2.31 bits per heavy atom. The fraction of sp³-hybridized carbons (Fsp3) is 0.522. The third-order valence-corrected chi connectivity index (χ3v) is 6.33. The molecule has 2 aliphatic rings. The van der Waals surface area contributed by atoms with E-state index in [-0.39, 0.29) is 5.41 Å². The monoisotopic (exact) mass is 350 g/mol. The molecule has 26 heavy (non-hydrogen) atoms. The Kier molecular flexibility index (Phi) is 4.20. The second kappa shape index (κ2) is 6.17. The molecule has 1 aromatic carbocycles. The number of likely N-dealkylation sites (tertiary alicyclic amines) is 1. The maximum absolute atomic E-state index is 12.1. The summed E-state index contributed by atoms with van der Waals surface area (Å²) in [6.07, 6.45) is 6.32. The van der Waals surface area contributed by atoms with Crippen molar-refractivity contribution in [1.29, 1.82) is 0 Å². The van der Waals surface area contributed by atoms with Crippen LogP contribution in [0.15, 0.2) is 42.7 Å². The highest BCUT2D eigenvalue weighted by Gasteiger charge is 2.55. The Bertz CT molecular complexity index is 788. The molecule has 2 heterocycles. The minimum absolute atomic E-state index is 0.217. The predicted octanol–water partition coefficient (Wildman–Crippen LogP) is 4.27. The van der Waals surface area contributed by atoms with Crippen LogP contribution in [-0.2, 0) is 5.60 Å². The van der Waals surface area contributed by atoms with Crippen LogP contribution < -0.4 is 0 Å². The van der Waals surface area contributed by atoms with E-state index in [2.05, 4.69) is 68.0 Å². The van der Waals surface area contributed by atoms with E-state index in [9.17, 15) is 5.11 Å². The Balaban J connectivity index is 1.81. The average molecular weight is 351 g/mol. The Morgan fingerprint density at radius 2 is 1.77 bits per heavy atom. The van der Waals surface area contributed by atoms with Gasteiger partial charge in [0.15, 0.2) is 0 Å². The van der Waals surface area contributed by atoms with Crippen molar-refractivity contribution in [2.45, 2.75) is 51.0 Å². The van der Waals surface area contributed by atoms with Crippen LogP contribution in [0.4, 0.5) is 0 Å². The third kappa shape index (κ3) is 2.78. The standard InChI is InChI=1S/C23H30N2O/c1-16(2)17-7-9-20(10-8-17)23(26,22(3)14-25(4)15-22)21-11-19(12-24-13-21)18-5-6-18/h7-13,16,18,26H,5-6,14-15H2,1-4H3. The molecule has 0 radical (unpaired) electrons. The van der Waals surface area contributed by atoms with E-state index in [0.717, 1.165) is 24.2 Å². The van der Waals surface area contributed by atoms with Gasteiger partial charge in [0.2, 0.25) is 0 Å². The van der Waals surface area contributed by atoms with Crippen molar-refractivity contribution in [2.24, 2.45) is 5.41 Å². The molecular formula is C23H30N2O. The summed E-state index contributed by atoms with van der Waals surface area (Å²) < 4.78 is 0. The Labute approximate surface area is 157 Å². The van der Waals surface area contributed by atoms with Gasteiger partial charge in [-0.05, 0) is 54.5 Å². The number of nitrogens with zero attached hydrogens (tertiary/aromatic N) is 2. The average Bonchev–Trinajstić information content (AvgIpc) is 3.45. The summed E-state index contributed by atoms with van der Waals surface area (Å²) in [6, 6.07) is 10.7. The lowest BCUT2D eigenvalue weighted by molar-refractivity contribution is -0.127. The van der Waals surface area contributed by atoms with Crippen LogP contribution >= 0.6 is 0 Å². The first-order chi connectivity index (χ1) is 12.3. The molecule has 1 unspecified atom stereocenters. The molecule has 1 saturated heterocycles. The van der Waals surface area contributed by atoms with Gasteiger partial charge in [0, 0.05) is 36.5 Å². The van der Waals surface area contributed by atoms with E-state index < -0.39 is 5.60 Å². The molecular weight excluding hydrogens is 320 g/mol. The molecule has 0 spiro atoms. The lowest BCUT2D eigenvalue weighted by atomic mass is 9.62. The Hall–Kier alpha value is -1.71. The second-order valence-electron chi connectivity index (χ2n) is 9.00. The van der Waals surface area contributed by atoms with Gasteiger partial charge in [0.05, 0.1) is 0 Å². The first kappa shape index (κ1) is 17.7. The molecule has 3 nitrogen and oxygen atoms in total. The minimum atomic E-state index is -1.02. The fourth-order valence-corrected chi connectivity index (χ4v) is 4.64. The summed E-state index contributed by atoms with van der Waals surface area (Å²) in [5.74, 6) is 1.12. The zero-order valence-electron chi connectivity index (χ0n) is 16.4. The van der Waals surface area contributed by atoms with Crippen LogP contribution in [0.1, 0.15) is 67.7 Å². The van der Waals surface area contributed by atoms with Gasteiger partial charge in [-0.15, -0.1) is 0 Å². The van der Waals surface area contributed by atoms with Gasteiger partial charge in [-0.25, -0.2) is 0 Å². The van der Waals surface area contributed by atoms with Crippen molar-refractivity contribution in [3.8, 4) is 0 Å². The lowest BCUT2D eigenvalue weighted by Crippen LogP contribution is -2.63. The van der Waals surface area contributed by atoms with Crippen LogP contribution in [0.2, 0.25) is 0 Å². The van der Waals surface area contributed by atoms with Gasteiger partial charge >= 0.3 is 0 Å². The first-order valence-electron chi connectivity index (χ1n) is 9.80. The van der Waals surface area contributed by atoms with Crippen molar-refractivity contribution in [2.75, 3.05) is 20.1 Å². The highest BCUT2D eigenvalue weighted by molar-refractivity contribution is 5.42. The molecule has 0 amide bonds.